The number of nitrogens with zero attached hydrogens (tertiary/aromatic N) is 2. The molecule has 0 saturated heterocycles. The van der Waals surface area contributed by atoms with E-state index in [4.69, 9.17) is 11.6 Å². The molecular formula is C33H44ClN3O4S. The largest absolute Gasteiger partial charge is 0.352 e. The fourth-order valence-corrected chi connectivity index (χ4v) is 9.21. The molecule has 4 aliphatic rings. The normalized spacial score (nSPS) is 25.3. The molecule has 4 aliphatic carbocycles. The second-order valence-corrected chi connectivity index (χ2v) is 15.5. The molecule has 0 heterocycles. The molecule has 2 amide bonds. The van der Waals surface area contributed by atoms with Gasteiger partial charge in [-0.25, -0.2) is 8.42 Å². The molecule has 6 rings (SSSR count). The average molecular weight is 614 g/mol. The highest BCUT2D eigenvalue weighted by atomic mass is 35.5. The molecular weight excluding hydrogens is 570 g/mol. The first-order valence-corrected chi connectivity index (χ1v) is 17.5. The maximum Gasteiger partial charge on any atom is 0.244 e. The van der Waals surface area contributed by atoms with Gasteiger partial charge >= 0.3 is 0 Å². The Hall–Kier alpha value is -2.58. The molecule has 4 saturated carbocycles. The van der Waals surface area contributed by atoms with Crippen LogP contribution in [0.5, 0.6) is 0 Å². The lowest BCUT2D eigenvalue weighted by molar-refractivity contribution is -0.140. The van der Waals surface area contributed by atoms with Crippen molar-refractivity contribution in [3.63, 3.8) is 0 Å². The van der Waals surface area contributed by atoms with Gasteiger partial charge in [-0.1, -0.05) is 48.9 Å². The van der Waals surface area contributed by atoms with Gasteiger partial charge in [0.1, 0.15) is 12.6 Å². The van der Waals surface area contributed by atoms with Crippen molar-refractivity contribution in [3.8, 4) is 0 Å². The minimum atomic E-state index is -3.80. The van der Waals surface area contributed by atoms with E-state index in [1.807, 2.05) is 45.0 Å². The molecule has 0 aromatic heterocycles. The SMILES string of the molecule is CC[C@@H](C(=O)NC(C)C)N(Cc1ccccc1Cl)C(=O)CN(c1ccc(C23CC4CC(CC(C4)C2)C3)cc1)S(C)(=O)=O. The third kappa shape index (κ3) is 6.49. The number of hydrogen-bond donors (Lipinski definition) is 1. The van der Waals surface area contributed by atoms with Crippen LogP contribution in [0.1, 0.15) is 76.8 Å². The van der Waals surface area contributed by atoms with Crippen LogP contribution >= 0.6 is 11.6 Å². The van der Waals surface area contributed by atoms with E-state index in [-0.39, 0.29) is 23.9 Å². The van der Waals surface area contributed by atoms with Crippen molar-refractivity contribution in [2.45, 2.75) is 89.8 Å². The van der Waals surface area contributed by atoms with E-state index < -0.39 is 28.5 Å². The van der Waals surface area contributed by atoms with Gasteiger partial charge in [-0.3, -0.25) is 13.9 Å². The van der Waals surface area contributed by atoms with E-state index in [1.165, 1.54) is 49.0 Å². The first-order chi connectivity index (χ1) is 19.9. The van der Waals surface area contributed by atoms with Gasteiger partial charge < -0.3 is 10.2 Å². The molecule has 9 heteroatoms. The third-order valence-electron chi connectivity index (χ3n) is 9.60. The quantitative estimate of drug-likeness (QED) is 0.342. The first kappa shape index (κ1) is 30.9. The Kier molecular flexibility index (Phi) is 8.96. The molecule has 7 nitrogen and oxygen atoms in total. The van der Waals surface area contributed by atoms with Crippen LogP contribution in [-0.4, -0.2) is 50.0 Å². The monoisotopic (exact) mass is 613 g/mol. The molecule has 1 N–H and O–H groups in total. The maximum absolute atomic E-state index is 14.0. The van der Waals surface area contributed by atoms with E-state index in [0.29, 0.717) is 22.7 Å². The van der Waals surface area contributed by atoms with Crippen molar-refractivity contribution in [1.29, 1.82) is 0 Å². The van der Waals surface area contributed by atoms with Crippen LogP contribution in [0.25, 0.3) is 0 Å². The zero-order valence-electron chi connectivity index (χ0n) is 25.2. The van der Waals surface area contributed by atoms with Gasteiger partial charge in [-0.2, -0.15) is 0 Å². The number of rotatable bonds is 11. The minimum absolute atomic E-state index is 0.0884. The van der Waals surface area contributed by atoms with Gasteiger partial charge in [0, 0.05) is 17.6 Å². The van der Waals surface area contributed by atoms with E-state index >= 15 is 0 Å². The van der Waals surface area contributed by atoms with E-state index in [0.717, 1.165) is 28.3 Å². The molecule has 0 spiro atoms. The molecule has 42 heavy (non-hydrogen) atoms. The fraction of sp³-hybridized carbons (Fsp3) is 0.576. The third-order valence-corrected chi connectivity index (χ3v) is 11.1. The molecule has 4 bridgehead atoms. The fourth-order valence-electron chi connectivity index (χ4n) is 8.17. The summed E-state index contributed by atoms with van der Waals surface area (Å²) < 4.78 is 27.3. The van der Waals surface area contributed by atoms with Crippen molar-refractivity contribution in [3.05, 3.63) is 64.7 Å². The molecule has 2 aromatic rings. The predicted octanol–water partition coefficient (Wildman–Crippen LogP) is 5.91. The highest BCUT2D eigenvalue weighted by molar-refractivity contribution is 7.92. The number of carbonyl (C=O) groups excluding carboxylic acids is 2. The van der Waals surface area contributed by atoms with Gasteiger partial charge in [-0.15, -0.1) is 0 Å². The van der Waals surface area contributed by atoms with Gasteiger partial charge in [0.15, 0.2) is 0 Å². The van der Waals surface area contributed by atoms with E-state index in [9.17, 15) is 18.0 Å². The van der Waals surface area contributed by atoms with Crippen molar-refractivity contribution in [1.82, 2.24) is 10.2 Å². The number of halogens is 1. The number of nitrogens with one attached hydrogen (secondary N) is 1. The van der Waals surface area contributed by atoms with Crippen LogP contribution in [0.3, 0.4) is 0 Å². The van der Waals surface area contributed by atoms with Gasteiger partial charge in [0.25, 0.3) is 0 Å². The lowest BCUT2D eigenvalue weighted by Crippen LogP contribution is -2.53. The van der Waals surface area contributed by atoms with Crippen LogP contribution in [0.4, 0.5) is 5.69 Å². The Labute approximate surface area is 256 Å². The van der Waals surface area contributed by atoms with Crippen LogP contribution in [0.2, 0.25) is 5.02 Å². The highest BCUT2D eigenvalue weighted by Crippen LogP contribution is 2.60. The summed E-state index contributed by atoms with van der Waals surface area (Å²) in [6, 6.07) is 14.2. The Bertz CT molecular complexity index is 1370. The van der Waals surface area contributed by atoms with Crippen molar-refractivity contribution < 1.29 is 18.0 Å². The van der Waals surface area contributed by atoms with Crippen LogP contribution < -0.4 is 9.62 Å². The number of sulfonamides is 1. The molecule has 0 aliphatic heterocycles. The lowest BCUT2D eigenvalue weighted by Gasteiger charge is -2.57. The minimum Gasteiger partial charge on any atom is -0.352 e. The number of anilines is 1. The summed E-state index contributed by atoms with van der Waals surface area (Å²) in [4.78, 5) is 28.6. The maximum atomic E-state index is 14.0. The van der Waals surface area contributed by atoms with Crippen LogP contribution in [-0.2, 0) is 31.6 Å². The number of carbonyl (C=O) groups is 2. The van der Waals surface area contributed by atoms with Gasteiger partial charge in [0.05, 0.1) is 11.9 Å². The molecule has 0 unspecified atom stereocenters. The Morgan fingerprint density at radius 2 is 1.55 bits per heavy atom. The summed E-state index contributed by atoms with van der Waals surface area (Å²) in [5, 5.41) is 3.39. The van der Waals surface area contributed by atoms with Crippen molar-refractivity contribution in [2.75, 3.05) is 17.1 Å². The molecule has 1 atom stereocenters. The van der Waals surface area contributed by atoms with Gasteiger partial charge in [-0.05, 0) is 111 Å². The second-order valence-electron chi connectivity index (χ2n) is 13.2. The average Bonchev–Trinajstić information content (AvgIpc) is 2.91. The van der Waals surface area contributed by atoms with Crippen LogP contribution in [0, 0.1) is 17.8 Å². The van der Waals surface area contributed by atoms with Crippen molar-refractivity contribution >= 4 is 39.1 Å². The predicted molar refractivity (Wildman–Crippen MR) is 168 cm³/mol. The number of amides is 2. The second kappa shape index (κ2) is 12.2. The summed E-state index contributed by atoms with van der Waals surface area (Å²) >= 11 is 6.44. The smallest absolute Gasteiger partial charge is 0.244 e. The molecule has 4 fully saturated rings. The van der Waals surface area contributed by atoms with E-state index in [2.05, 4.69) is 17.4 Å². The molecule has 2 aromatic carbocycles. The Morgan fingerprint density at radius 3 is 2.05 bits per heavy atom. The summed E-state index contributed by atoms with van der Waals surface area (Å²) in [6.07, 6.45) is 9.24. The standard InChI is InChI=1S/C33H44ClN3O4S/c1-5-30(32(39)35-22(2)3)36(20-26-8-6-7-9-29(26)34)31(38)21-37(42(4,40)41)28-12-10-27(11-13-28)33-17-23-14-24(18-33)16-25(15-23)19-33/h6-13,22-25,30H,5,14-21H2,1-4H3,(H,35,39)/t23?,24?,25?,30-,33?/m0/s1. The topological polar surface area (TPSA) is 86.8 Å². The van der Waals surface area contributed by atoms with Gasteiger partial charge in [0.2, 0.25) is 21.8 Å². The Morgan fingerprint density at radius 1 is 0.976 bits per heavy atom. The van der Waals surface area contributed by atoms with Crippen LogP contribution in [0.15, 0.2) is 48.5 Å². The Balaban J connectivity index is 1.41. The summed E-state index contributed by atoms with van der Waals surface area (Å²) in [5.74, 6) is 1.69. The van der Waals surface area contributed by atoms with E-state index in [1.54, 1.807) is 12.1 Å². The number of hydrogen-bond acceptors (Lipinski definition) is 4. The zero-order valence-corrected chi connectivity index (χ0v) is 26.8. The van der Waals surface area contributed by atoms with Crippen molar-refractivity contribution in [2.24, 2.45) is 17.8 Å². The lowest BCUT2D eigenvalue weighted by atomic mass is 9.48. The number of benzene rings is 2. The highest BCUT2D eigenvalue weighted by Gasteiger charge is 2.51. The summed E-state index contributed by atoms with van der Waals surface area (Å²) in [6.45, 7) is 5.25. The molecule has 228 valence electrons. The zero-order chi connectivity index (χ0) is 30.2. The first-order valence-electron chi connectivity index (χ1n) is 15.3. The molecule has 0 radical (unpaired) electrons. The summed E-state index contributed by atoms with van der Waals surface area (Å²) in [7, 11) is -3.80. The summed E-state index contributed by atoms with van der Waals surface area (Å²) in [5.41, 5.74) is 2.64.